The lowest BCUT2D eigenvalue weighted by atomic mass is 10.1. The molecule has 1 fully saturated rings. The highest BCUT2D eigenvalue weighted by molar-refractivity contribution is 6.31. The molecule has 0 N–H and O–H groups in total. The Morgan fingerprint density at radius 3 is 2.57 bits per heavy atom. The molecule has 1 aliphatic rings. The fourth-order valence-electron chi connectivity index (χ4n) is 3.16. The van der Waals surface area contributed by atoms with Gasteiger partial charge in [-0.1, -0.05) is 23.7 Å². The molecule has 2 aromatic rings. The highest BCUT2D eigenvalue weighted by Crippen LogP contribution is 2.22. The summed E-state index contributed by atoms with van der Waals surface area (Å²) in [5, 5.41) is 0.434. The van der Waals surface area contributed by atoms with Gasteiger partial charge in [0.1, 0.15) is 18.2 Å². The predicted molar refractivity (Wildman–Crippen MR) is 106 cm³/mol. The van der Waals surface area contributed by atoms with Gasteiger partial charge in [0.2, 0.25) is 0 Å². The normalized spacial score (nSPS) is 14.9. The van der Waals surface area contributed by atoms with Crippen molar-refractivity contribution in [3.63, 3.8) is 0 Å². The van der Waals surface area contributed by atoms with Gasteiger partial charge in [-0.05, 0) is 30.3 Å². The zero-order chi connectivity index (χ0) is 19.9. The smallest absolute Gasteiger partial charge is 0.254 e. The Morgan fingerprint density at radius 2 is 1.86 bits per heavy atom. The van der Waals surface area contributed by atoms with Crippen LogP contribution in [0.3, 0.4) is 0 Å². The summed E-state index contributed by atoms with van der Waals surface area (Å²) in [5.74, 6) is 0.327. The van der Waals surface area contributed by atoms with Crippen LogP contribution in [0, 0.1) is 5.82 Å². The quantitative estimate of drug-likeness (QED) is 0.660. The van der Waals surface area contributed by atoms with E-state index in [-0.39, 0.29) is 11.7 Å². The highest BCUT2D eigenvalue weighted by atomic mass is 35.5. The van der Waals surface area contributed by atoms with Crippen molar-refractivity contribution in [2.45, 2.75) is 6.54 Å². The Balaban J connectivity index is 1.56. The SMILES string of the molecule is COCCOc1cccc(C(=O)N2CCN(Cc3c(F)cccc3Cl)CC2)c1. The zero-order valence-electron chi connectivity index (χ0n) is 15.9. The molecule has 1 amide bonds. The number of hydrogen-bond acceptors (Lipinski definition) is 4. The molecule has 0 aromatic heterocycles. The molecule has 5 nitrogen and oxygen atoms in total. The van der Waals surface area contributed by atoms with Crippen LogP contribution in [-0.2, 0) is 11.3 Å². The van der Waals surface area contributed by atoms with E-state index in [4.69, 9.17) is 21.1 Å². The number of carbonyl (C=O) groups is 1. The molecule has 1 aliphatic heterocycles. The Bertz CT molecular complexity index is 790. The third kappa shape index (κ3) is 5.22. The monoisotopic (exact) mass is 406 g/mol. The number of amides is 1. The maximum absolute atomic E-state index is 14.0. The van der Waals surface area contributed by atoms with Crippen molar-refractivity contribution < 1.29 is 18.7 Å². The first-order chi connectivity index (χ1) is 13.6. The molecule has 0 bridgehead atoms. The molecule has 1 saturated heterocycles. The summed E-state index contributed by atoms with van der Waals surface area (Å²) in [6.07, 6.45) is 0. The molecule has 3 rings (SSSR count). The summed E-state index contributed by atoms with van der Waals surface area (Å²) in [6.45, 7) is 3.87. The van der Waals surface area contributed by atoms with Gasteiger partial charge < -0.3 is 14.4 Å². The van der Waals surface area contributed by atoms with Crippen LogP contribution in [0.2, 0.25) is 5.02 Å². The largest absolute Gasteiger partial charge is 0.491 e. The number of carbonyl (C=O) groups excluding carboxylic acids is 1. The number of piperazine rings is 1. The van der Waals surface area contributed by atoms with Crippen molar-refractivity contribution in [1.82, 2.24) is 9.80 Å². The molecule has 0 atom stereocenters. The molecule has 0 unspecified atom stereocenters. The lowest BCUT2D eigenvalue weighted by molar-refractivity contribution is 0.0626. The van der Waals surface area contributed by atoms with E-state index in [9.17, 15) is 9.18 Å². The molecule has 150 valence electrons. The van der Waals surface area contributed by atoms with Gasteiger partial charge in [0, 0.05) is 56.0 Å². The van der Waals surface area contributed by atoms with E-state index in [0.29, 0.717) is 67.8 Å². The highest BCUT2D eigenvalue weighted by Gasteiger charge is 2.23. The van der Waals surface area contributed by atoms with Crippen molar-refractivity contribution in [1.29, 1.82) is 0 Å². The number of nitrogens with zero attached hydrogens (tertiary/aromatic N) is 2. The first-order valence-corrected chi connectivity index (χ1v) is 9.62. The van der Waals surface area contributed by atoms with Gasteiger partial charge in [-0.3, -0.25) is 9.69 Å². The molecule has 1 heterocycles. The van der Waals surface area contributed by atoms with Gasteiger partial charge in [-0.15, -0.1) is 0 Å². The minimum atomic E-state index is -0.295. The molecule has 0 radical (unpaired) electrons. The average Bonchev–Trinajstić information content (AvgIpc) is 2.71. The summed E-state index contributed by atoms with van der Waals surface area (Å²) >= 11 is 6.12. The maximum atomic E-state index is 14.0. The summed E-state index contributed by atoms with van der Waals surface area (Å²) in [7, 11) is 1.61. The van der Waals surface area contributed by atoms with E-state index in [1.54, 1.807) is 31.4 Å². The minimum absolute atomic E-state index is 0.0271. The number of ether oxygens (including phenoxy) is 2. The third-order valence-electron chi connectivity index (χ3n) is 4.74. The first kappa shape index (κ1) is 20.6. The molecule has 7 heteroatoms. The van der Waals surface area contributed by atoms with Crippen LogP contribution < -0.4 is 4.74 Å². The van der Waals surface area contributed by atoms with E-state index in [0.717, 1.165) is 0 Å². The molecular weight excluding hydrogens is 383 g/mol. The zero-order valence-corrected chi connectivity index (χ0v) is 16.6. The summed E-state index contributed by atoms with van der Waals surface area (Å²) in [4.78, 5) is 16.7. The second kappa shape index (κ2) is 9.87. The Kier molecular flexibility index (Phi) is 7.25. The van der Waals surface area contributed by atoms with Gasteiger partial charge in [0.25, 0.3) is 5.91 Å². The van der Waals surface area contributed by atoms with Crippen molar-refractivity contribution in [2.75, 3.05) is 46.5 Å². The second-order valence-electron chi connectivity index (χ2n) is 6.64. The number of rotatable bonds is 7. The third-order valence-corrected chi connectivity index (χ3v) is 5.09. The Morgan fingerprint density at radius 1 is 1.11 bits per heavy atom. The first-order valence-electron chi connectivity index (χ1n) is 9.25. The molecule has 0 aliphatic carbocycles. The minimum Gasteiger partial charge on any atom is -0.491 e. The van der Waals surface area contributed by atoms with Crippen molar-refractivity contribution >= 4 is 17.5 Å². The molecule has 28 heavy (non-hydrogen) atoms. The van der Waals surface area contributed by atoms with Crippen molar-refractivity contribution in [3.8, 4) is 5.75 Å². The van der Waals surface area contributed by atoms with Crippen molar-refractivity contribution in [2.24, 2.45) is 0 Å². The number of hydrogen-bond donors (Lipinski definition) is 0. The molecule has 0 spiro atoms. The fourth-order valence-corrected chi connectivity index (χ4v) is 3.38. The summed E-state index contributed by atoms with van der Waals surface area (Å²) in [5.41, 5.74) is 1.10. The lowest BCUT2D eigenvalue weighted by Crippen LogP contribution is -2.48. The van der Waals surface area contributed by atoms with E-state index in [1.807, 2.05) is 17.0 Å². The summed E-state index contributed by atoms with van der Waals surface area (Å²) in [6, 6.07) is 11.9. The van der Waals surface area contributed by atoms with Crippen LogP contribution in [0.25, 0.3) is 0 Å². The summed E-state index contributed by atoms with van der Waals surface area (Å²) < 4.78 is 24.5. The number of halogens is 2. The fraction of sp³-hybridized carbons (Fsp3) is 0.381. The van der Waals surface area contributed by atoms with Crippen LogP contribution in [-0.4, -0.2) is 62.2 Å². The van der Waals surface area contributed by atoms with Gasteiger partial charge >= 0.3 is 0 Å². The van der Waals surface area contributed by atoms with Crippen LogP contribution in [0.5, 0.6) is 5.75 Å². The second-order valence-corrected chi connectivity index (χ2v) is 7.04. The topological polar surface area (TPSA) is 42.0 Å². The van der Waals surface area contributed by atoms with Gasteiger partial charge in [-0.25, -0.2) is 4.39 Å². The molecule has 0 saturated carbocycles. The Labute approximate surface area is 169 Å². The van der Waals surface area contributed by atoms with Gasteiger partial charge in [0.15, 0.2) is 0 Å². The van der Waals surface area contributed by atoms with E-state index in [1.165, 1.54) is 6.07 Å². The Hall–Kier alpha value is -2.15. The van der Waals surface area contributed by atoms with Crippen LogP contribution in [0.4, 0.5) is 4.39 Å². The van der Waals surface area contributed by atoms with E-state index >= 15 is 0 Å². The maximum Gasteiger partial charge on any atom is 0.254 e. The van der Waals surface area contributed by atoms with Crippen LogP contribution in [0.1, 0.15) is 15.9 Å². The lowest BCUT2D eigenvalue weighted by Gasteiger charge is -2.35. The van der Waals surface area contributed by atoms with Crippen molar-refractivity contribution in [3.05, 3.63) is 64.4 Å². The predicted octanol–water partition coefficient (Wildman–Crippen LogP) is 3.46. The van der Waals surface area contributed by atoms with E-state index in [2.05, 4.69) is 4.90 Å². The van der Waals surface area contributed by atoms with Crippen LogP contribution >= 0.6 is 11.6 Å². The molecule has 2 aromatic carbocycles. The number of benzene rings is 2. The van der Waals surface area contributed by atoms with Gasteiger partial charge in [-0.2, -0.15) is 0 Å². The average molecular weight is 407 g/mol. The molecular formula is C21H24ClFN2O3. The number of methoxy groups -OCH3 is 1. The standard InChI is InChI=1S/C21H24ClFN2O3/c1-27-12-13-28-17-5-2-4-16(14-17)21(26)25-10-8-24(9-11-25)15-18-19(22)6-3-7-20(18)23/h2-7,14H,8-13,15H2,1H3. The van der Waals surface area contributed by atoms with Crippen LogP contribution in [0.15, 0.2) is 42.5 Å². The van der Waals surface area contributed by atoms with E-state index < -0.39 is 0 Å². The van der Waals surface area contributed by atoms with Gasteiger partial charge in [0.05, 0.1) is 6.61 Å².